The maximum Gasteiger partial charge on any atom is 0.332 e. The monoisotopic (exact) mass is 548 g/mol. The number of anilines is 1. The van der Waals surface area contributed by atoms with Gasteiger partial charge in [-0.25, -0.2) is 4.79 Å². The molecule has 1 aromatic rings. The molecule has 5 atom stereocenters. The van der Waals surface area contributed by atoms with Gasteiger partial charge in [0.1, 0.15) is 12.3 Å². The molecular formula is C27H37ClN4O6. The molecule has 3 aliphatic heterocycles. The van der Waals surface area contributed by atoms with Crippen molar-refractivity contribution in [3.63, 3.8) is 0 Å². The number of amides is 1. The fourth-order valence-corrected chi connectivity index (χ4v) is 5.77. The van der Waals surface area contributed by atoms with E-state index >= 15 is 0 Å². The number of nitrogens with one attached hydrogen (secondary N) is 2. The van der Waals surface area contributed by atoms with Crippen LogP contribution in [0.25, 0.3) is 0 Å². The summed E-state index contributed by atoms with van der Waals surface area (Å²) in [5.74, 6) is -1.11. The van der Waals surface area contributed by atoms with Crippen LogP contribution in [0.15, 0.2) is 42.5 Å². The highest BCUT2D eigenvalue weighted by atomic mass is 35.5. The van der Waals surface area contributed by atoms with Gasteiger partial charge in [0.2, 0.25) is 5.91 Å². The highest BCUT2D eigenvalue weighted by molar-refractivity contribution is 6.21. The third-order valence-electron chi connectivity index (χ3n) is 7.47. The van der Waals surface area contributed by atoms with Gasteiger partial charge in [0.25, 0.3) is 0 Å². The summed E-state index contributed by atoms with van der Waals surface area (Å²) in [6.45, 7) is 2.44. The number of alkyl halides is 1. The fourth-order valence-electron chi connectivity index (χ4n) is 5.48. The largest absolute Gasteiger partial charge is 0.439 e. The first-order valence-corrected chi connectivity index (χ1v) is 13.6. The van der Waals surface area contributed by atoms with Crippen LogP contribution < -0.4 is 16.4 Å². The van der Waals surface area contributed by atoms with Gasteiger partial charge in [0.15, 0.2) is 11.5 Å². The first kappa shape index (κ1) is 28.7. The van der Waals surface area contributed by atoms with E-state index in [-0.39, 0.29) is 24.7 Å². The van der Waals surface area contributed by atoms with Crippen molar-refractivity contribution in [3.05, 3.63) is 42.5 Å². The topological polar surface area (TPSA) is 132 Å². The number of para-hydroxylation sites is 1. The molecule has 0 bridgehead atoms. The third-order valence-corrected chi connectivity index (χ3v) is 7.97. The van der Waals surface area contributed by atoms with Crippen molar-refractivity contribution in [2.24, 2.45) is 11.7 Å². The van der Waals surface area contributed by atoms with Crippen molar-refractivity contribution in [1.82, 2.24) is 10.2 Å². The van der Waals surface area contributed by atoms with Crippen molar-refractivity contribution in [2.75, 3.05) is 38.7 Å². The average Bonchev–Trinajstić information content (AvgIpc) is 3.46. The van der Waals surface area contributed by atoms with Crippen LogP contribution in [0, 0.1) is 5.92 Å². The Morgan fingerprint density at radius 1 is 1.21 bits per heavy atom. The number of nitrogens with zero attached hydrogens (tertiary/aromatic N) is 1. The van der Waals surface area contributed by atoms with Gasteiger partial charge in [-0.05, 0) is 56.8 Å². The first-order chi connectivity index (χ1) is 18.3. The van der Waals surface area contributed by atoms with Gasteiger partial charge in [0.05, 0.1) is 11.4 Å². The minimum atomic E-state index is -1.55. The molecule has 208 valence electrons. The standard InChI is InChI=1S/C27H37ClN4O6/c1-36-23-16-27(29,38-24(34)10-9-22(33)31-19-6-3-2-4-7-19)21(28)17-32(23)25(18-11-13-30-14-12-18)26(35)20-8-5-15-37-20/h2-4,6-7,9-10,18,20-21,23,25,30H,5,8,11-17,29H2,1H3,(H,31,33)/b10-9+. The zero-order valence-electron chi connectivity index (χ0n) is 21.6. The van der Waals surface area contributed by atoms with Gasteiger partial charge < -0.3 is 24.8 Å². The van der Waals surface area contributed by atoms with Crippen molar-refractivity contribution in [1.29, 1.82) is 0 Å². The fraction of sp³-hybridized carbons (Fsp3) is 0.593. The average molecular weight is 549 g/mol. The molecule has 10 nitrogen and oxygen atoms in total. The molecule has 1 aromatic carbocycles. The smallest absolute Gasteiger partial charge is 0.332 e. The van der Waals surface area contributed by atoms with Crippen LogP contribution in [0.5, 0.6) is 0 Å². The number of ether oxygens (including phenoxy) is 3. The number of Topliss-reactive ketones (excluding diaryl/α,β-unsaturated/α-hetero) is 1. The molecular weight excluding hydrogens is 512 g/mol. The summed E-state index contributed by atoms with van der Waals surface area (Å²) in [5.41, 5.74) is 5.55. The van der Waals surface area contributed by atoms with Crippen LogP contribution in [0.2, 0.25) is 0 Å². The molecule has 0 radical (unpaired) electrons. The van der Waals surface area contributed by atoms with E-state index in [4.69, 9.17) is 31.5 Å². The lowest BCUT2D eigenvalue weighted by atomic mass is 9.83. The van der Waals surface area contributed by atoms with Crippen molar-refractivity contribution in [3.8, 4) is 0 Å². The van der Waals surface area contributed by atoms with Crippen molar-refractivity contribution >= 4 is 34.9 Å². The van der Waals surface area contributed by atoms with Gasteiger partial charge in [-0.3, -0.25) is 20.2 Å². The number of esters is 1. The van der Waals surface area contributed by atoms with Crippen LogP contribution in [0.4, 0.5) is 5.69 Å². The van der Waals surface area contributed by atoms with E-state index in [0.717, 1.165) is 44.5 Å². The Morgan fingerprint density at radius 3 is 2.61 bits per heavy atom. The molecule has 0 saturated carbocycles. The Hall–Kier alpha value is -2.34. The second kappa shape index (κ2) is 13.1. The van der Waals surface area contributed by atoms with Crippen LogP contribution in [0.1, 0.15) is 32.1 Å². The Bertz CT molecular complexity index is 999. The number of methoxy groups -OCH3 is 1. The van der Waals surface area contributed by atoms with E-state index < -0.39 is 41.4 Å². The van der Waals surface area contributed by atoms with Crippen molar-refractivity contribution < 1.29 is 28.6 Å². The molecule has 38 heavy (non-hydrogen) atoms. The molecule has 4 rings (SSSR count). The van der Waals surface area contributed by atoms with Crippen LogP contribution in [-0.4, -0.2) is 85.4 Å². The number of likely N-dealkylation sites (tertiary alicyclic amines) is 1. The van der Waals surface area contributed by atoms with E-state index in [0.29, 0.717) is 18.7 Å². The highest BCUT2D eigenvalue weighted by Crippen LogP contribution is 2.36. The summed E-state index contributed by atoms with van der Waals surface area (Å²) < 4.78 is 17.1. The molecule has 11 heteroatoms. The van der Waals surface area contributed by atoms with Crippen LogP contribution in [0.3, 0.4) is 0 Å². The first-order valence-electron chi connectivity index (χ1n) is 13.2. The van der Waals surface area contributed by atoms with Crippen LogP contribution in [-0.2, 0) is 28.6 Å². The van der Waals surface area contributed by atoms with E-state index in [1.165, 1.54) is 7.11 Å². The number of rotatable bonds is 9. The van der Waals surface area contributed by atoms with Gasteiger partial charge in [-0.1, -0.05) is 18.2 Å². The number of carbonyl (C=O) groups is 3. The maximum absolute atomic E-state index is 13.7. The van der Waals surface area contributed by atoms with E-state index in [2.05, 4.69) is 10.6 Å². The summed E-state index contributed by atoms with van der Waals surface area (Å²) >= 11 is 6.74. The third kappa shape index (κ3) is 6.99. The summed E-state index contributed by atoms with van der Waals surface area (Å²) in [5, 5.41) is 5.19. The number of hydrogen-bond acceptors (Lipinski definition) is 9. The van der Waals surface area contributed by atoms with Crippen LogP contribution >= 0.6 is 11.6 Å². The second-order valence-corrected chi connectivity index (χ2v) is 10.6. The van der Waals surface area contributed by atoms with Gasteiger partial charge >= 0.3 is 5.97 Å². The molecule has 0 aromatic heterocycles. The molecule has 3 heterocycles. The number of ketones is 1. The lowest BCUT2D eigenvalue weighted by Gasteiger charge is -2.50. The number of hydrogen-bond donors (Lipinski definition) is 3. The zero-order valence-corrected chi connectivity index (χ0v) is 22.4. The maximum atomic E-state index is 13.7. The zero-order chi connectivity index (χ0) is 27.1. The quantitative estimate of drug-likeness (QED) is 0.183. The Morgan fingerprint density at radius 2 is 1.95 bits per heavy atom. The van der Waals surface area contributed by atoms with Crippen molar-refractivity contribution in [2.45, 2.75) is 61.6 Å². The molecule has 0 aliphatic carbocycles. The molecule has 5 unspecified atom stereocenters. The molecule has 4 N–H and O–H groups in total. The molecule has 3 aliphatic rings. The number of nitrogens with two attached hydrogens (primary N) is 1. The predicted octanol–water partition coefficient (Wildman–Crippen LogP) is 1.78. The normalized spacial score (nSPS) is 29.7. The summed E-state index contributed by atoms with van der Waals surface area (Å²) in [7, 11) is 1.54. The SMILES string of the molecule is COC1CC(N)(OC(=O)/C=C/C(=O)Nc2ccccc2)C(Cl)CN1C(C(=O)C1CCCO1)C1CCNCC1. The Labute approximate surface area is 228 Å². The molecule has 1 amide bonds. The lowest BCUT2D eigenvalue weighted by molar-refractivity contribution is -0.184. The highest BCUT2D eigenvalue weighted by Gasteiger charge is 2.51. The second-order valence-electron chi connectivity index (χ2n) is 10.1. The van der Waals surface area contributed by atoms with Gasteiger partial charge in [0, 0.05) is 44.5 Å². The summed E-state index contributed by atoms with van der Waals surface area (Å²) in [6.07, 6.45) is 4.39. The predicted molar refractivity (Wildman–Crippen MR) is 142 cm³/mol. The lowest BCUT2D eigenvalue weighted by Crippen LogP contribution is -2.68. The minimum Gasteiger partial charge on any atom is -0.439 e. The Balaban J connectivity index is 1.44. The number of benzene rings is 1. The van der Waals surface area contributed by atoms with Gasteiger partial charge in [-0.2, -0.15) is 0 Å². The minimum absolute atomic E-state index is 0.0502. The molecule has 0 spiro atoms. The van der Waals surface area contributed by atoms with E-state index in [9.17, 15) is 14.4 Å². The summed E-state index contributed by atoms with van der Waals surface area (Å²) in [4.78, 5) is 40.4. The van der Waals surface area contributed by atoms with E-state index in [1.54, 1.807) is 24.3 Å². The Kier molecular flexibility index (Phi) is 9.91. The number of halogens is 1. The van der Waals surface area contributed by atoms with Gasteiger partial charge in [-0.15, -0.1) is 11.6 Å². The number of carbonyl (C=O) groups excluding carboxylic acids is 3. The number of piperidine rings is 2. The summed E-state index contributed by atoms with van der Waals surface area (Å²) in [6, 6.07) is 8.43. The molecule has 3 saturated heterocycles. The van der Waals surface area contributed by atoms with E-state index in [1.807, 2.05) is 11.0 Å². The molecule has 3 fully saturated rings.